The molecule has 0 aliphatic heterocycles. The molecule has 0 rings (SSSR count). The molecule has 0 aromatic rings. The van der Waals surface area contributed by atoms with Crippen LogP contribution in [0.25, 0.3) is 0 Å². The van der Waals surface area contributed by atoms with Crippen LogP contribution in [0.4, 0.5) is 0 Å². The van der Waals surface area contributed by atoms with E-state index in [2.05, 4.69) is 13.8 Å². The summed E-state index contributed by atoms with van der Waals surface area (Å²) in [6, 6.07) is 0. The summed E-state index contributed by atoms with van der Waals surface area (Å²) in [6.07, 6.45) is 3.66. The standard InChI is InChI=1S/C11H24O3/c1-6-10(13-4)8-11(14-5)7-9(2)12-3/h9-11H,6-8H2,1-5H3. The van der Waals surface area contributed by atoms with Gasteiger partial charge in [0.2, 0.25) is 0 Å². The molecule has 0 aromatic carbocycles. The Bertz CT molecular complexity index is 124. The molecule has 3 nitrogen and oxygen atoms in total. The Balaban J connectivity index is 3.88. The Hall–Kier alpha value is -0.120. The Kier molecular flexibility index (Phi) is 8.14. The normalized spacial score (nSPS) is 17.8. The molecule has 0 bridgehead atoms. The van der Waals surface area contributed by atoms with Crippen molar-refractivity contribution in [1.29, 1.82) is 0 Å². The maximum absolute atomic E-state index is 5.40. The van der Waals surface area contributed by atoms with Crippen LogP contribution in [0.3, 0.4) is 0 Å². The van der Waals surface area contributed by atoms with Gasteiger partial charge in [-0.1, -0.05) is 6.92 Å². The second kappa shape index (κ2) is 8.21. The van der Waals surface area contributed by atoms with Crippen LogP contribution in [0.15, 0.2) is 0 Å². The fourth-order valence-electron chi connectivity index (χ4n) is 1.48. The van der Waals surface area contributed by atoms with Crippen molar-refractivity contribution in [3.05, 3.63) is 0 Å². The number of hydrogen-bond donors (Lipinski definition) is 0. The average molecular weight is 204 g/mol. The molecule has 0 amide bonds. The summed E-state index contributed by atoms with van der Waals surface area (Å²) in [4.78, 5) is 0. The predicted octanol–water partition coefficient (Wildman–Crippen LogP) is 2.24. The fraction of sp³-hybridized carbons (Fsp3) is 1.00. The van der Waals surface area contributed by atoms with Crippen LogP contribution in [-0.2, 0) is 14.2 Å². The lowest BCUT2D eigenvalue weighted by molar-refractivity contribution is -0.00938. The number of rotatable bonds is 8. The van der Waals surface area contributed by atoms with Gasteiger partial charge in [0, 0.05) is 21.3 Å². The van der Waals surface area contributed by atoms with Gasteiger partial charge in [0.05, 0.1) is 18.3 Å². The van der Waals surface area contributed by atoms with Gasteiger partial charge in [-0.3, -0.25) is 0 Å². The highest BCUT2D eigenvalue weighted by molar-refractivity contribution is 4.68. The monoisotopic (exact) mass is 204 g/mol. The van der Waals surface area contributed by atoms with E-state index in [0.29, 0.717) is 6.10 Å². The van der Waals surface area contributed by atoms with Crippen LogP contribution in [-0.4, -0.2) is 39.6 Å². The van der Waals surface area contributed by atoms with Crippen LogP contribution in [0.1, 0.15) is 33.1 Å². The fourth-order valence-corrected chi connectivity index (χ4v) is 1.48. The van der Waals surface area contributed by atoms with Crippen molar-refractivity contribution in [2.45, 2.75) is 51.4 Å². The third-order valence-electron chi connectivity index (χ3n) is 2.64. The van der Waals surface area contributed by atoms with E-state index >= 15 is 0 Å². The predicted molar refractivity (Wildman–Crippen MR) is 57.6 cm³/mol. The molecule has 0 spiro atoms. The van der Waals surface area contributed by atoms with Crippen molar-refractivity contribution >= 4 is 0 Å². The molecule has 0 heterocycles. The van der Waals surface area contributed by atoms with Gasteiger partial charge in [-0.05, 0) is 26.2 Å². The minimum Gasteiger partial charge on any atom is -0.382 e. The first-order valence-corrected chi connectivity index (χ1v) is 5.26. The molecule has 0 aromatic heterocycles. The van der Waals surface area contributed by atoms with Crippen LogP contribution in [0, 0.1) is 0 Å². The summed E-state index contributed by atoms with van der Waals surface area (Å²) >= 11 is 0. The Morgan fingerprint density at radius 3 is 1.79 bits per heavy atom. The summed E-state index contributed by atoms with van der Waals surface area (Å²) in [7, 11) is 5.22. The first kappa shape index (κ1) is 13.9. The first-order valence-electron chi connectivity index (χ1n) is 5.26. The van der Waals surface area contributed by atoms with E-state index in [-0.39, 0.29) is 12.2 Å². The minimum absolute atomic E-state index is 0.231. The zero-order chi connectivity index (χ0) is 11.0. The van der Waals surface area contributed by atoms with E-state index in [1.807, 2.05) is 0 Å². The summed E-state index contributed by atoms with van der Waals surface area (Å²) in [5.41, 5.74) is 0. The lowest BCUT2D eigenvalue weighted by atomic mass is 10.0. The van der Waals surface area contributed by atoms with Crippen LogP contribution < -0.4 is 0 Å². The highest BCUT2D eigenvalue weighted by Crippen LogP contribution is 2.14. The van der Waals surface area contributed by atoms with Gasteiger partial charge < -0.3 is 14.2 Å². The molecule has 0 N–H and O–H groups in total. The van der Waals surface area contributed by atoms with Gasteiger partial charge in [0.15, 0.2) is 0 Å². The lowest BCUT2D eigenvalue weighted by Gasteiger charge is -2.22. The average Bonchev–Trinajstić information content (AvgIpc) is 2.23. The molecular weight excluding hydrogens is 180 g/mol. The summed E-state index contributed by atoms with van der Waals surface area (Å²) in [6.45, 7) is 4.18. The van der Waals surface area contributed by atoms with Crippen molar-refractivity contribution in [3.63, 3.8) is 0 Å². The topological polar surface area (TPSA) is 27.7 Å². The van der Waals surface area contributed by atoms with Crippen LogP contribution in [0.2, 0.25) is 0 Å². The lowest BCUT2D eigenvalue weighted by Crippen LogP contribution is -2.25. The minimum atomic E-state index is 0.231. The first-order chi connectivity index (χ1) is 6.67. The molecule has 0 saturated carbocycles. The van der Waals surface area contributed by atoms with Gasteiger partial charge in [0.1, 0.15) is 0 Å². The van der Waals surface area contributed by atoms with E-state index in [9.17, 15) is 0 Å². The Morgan fingerprint density at radius 1 is 0.857 bits per heavy atom. The molecule has 0 aliphatic rings. The van der Waals surface area contributed by atoms with E-state index in [4.69, 9.17) is 14.2 Å². The van der Waals surface area contributed by atoms with Crippen LogP contribution in [0.5, 0.6) is 0 Å². The molecule has 0 aliphatic carbocycles. The second-order valence-electron chi connectivity index (χ2n) is 3.64. The van der Waals surface area contributed by atoms with Crippen molar-refractivity contribution < 1.29 is 14.2 Å². The zero-order valence-corrected chi connectivity index (χ0v) is 10.1. The number of methoxy groups -OCH3 is 3. The third-order valence-corrected chi connectivity index (χ3v) is 2.64. The van der Waals surface area contributed by atoms with E-state index in [1.165, 1.54) is 0 Å². The van der Waals surface area contributed by atoms with E-state index < -0.39 is 0 Å². The zero-order valence-electron chi connectivity index (χ0n) is 10.1. The molecule has 86 valence electrons. The maximum atomic E-state index is 5.40. The van der Waals surface area contributed by atoms with Gasteiger partial charge in [-0.25, -0.2) is 0 Å². The Labute approximate surface area is 87.7 Å². The molecule has 3 unspecified atom stereocenters. The highest BCUT2D eigenvalue weighted by atomic mass is 16.5. The smallest absolute Gasteiger partial charge is 0.0620 e. The van der Waals surface area contributed by atoms with Gasteiger partial charge >= 0.3 is 0 Å². The van der Waals surface area contributed by atoms with E-state index in [1.54, 1.807) is 21.3 Å². The molecule has 0 saturated heterocycles. The van der Waals surface area contributed by atoms with Crippen molar-refractivity contribution in [3.8, 4) is 0 Å². The van der Waals surface area contributed by atoms with Gasteiger partial charge in [-0.2, -0.15) is 0 Å². The van der Waals surface area contributed by atoms with Crippen molar-refractivity contribution in [1.82, 2.24) is 0 Å². The SMILES string of the molecule is CCC(CC(CC(C)OC)OC)OC. The number of hydrogen-bond acceptors (Lipinski definition) is 3. The third kappa shape index (κ3) is 5.58. The van der Waals surface area contributed by atoms with Gasteiger partial charge in [0.25, 0.3) is 0 Å². The highest BCUT2D eigenvalue weighted by Gasteiger charge is 2.16. The van der Waals surface area contributed by atoms with Crippen LogP contribution >= 0.6 is 0 Å². The van der Waals surface area contributed by atoms with E-state index in [0.717, 1.165) is 19.3 Å². The summed E-state index contributed by atoms with van der Waals surface area (Å²) in [5, 5.41) is 0. The quantitative estimate of drug-likeness (QED) is 0.607. The maximum Gasteiger partial charge on any atom is 0.0620 e. The molecule has 3 atom stereocenters. The molecular formula is C11H24O3. The molecule has 3 heteroatoms. The van der Waals surface area contributed by atoms with Gasteiger partial charge in [-0.15, -0.1) is 0 Å². The summed E-state index contributed by atoms with van der Waals surface area (Å²) in [5.74, 6) is 0. The van der Waals surface area contributed by atoms with Crippen molar-refractivity contribution in [2.24, 2.45) is 0 Å². The van der Waals surface area contributed by atoms with Crippen molar-refractivity contribution in [2.75, 3.05) is 21.3 Å². The molecule has 14 heavy (non-hydrogen) atoms. The summed E-state index contributed by atoms with van der Waals surface area (Å²) < 4.78 is 15.9. The largest absolute Gasteiger partial charge is 0.382 e. The number of ether oxygens (including phenoxy) is 3. The molecule has 0 fully saturated rings. The Morgan fingerprint density at radius 2 is 1.43 bits per heavy atom. The molecule has 0 radical (unpaired) electrons. The second-order valence-corrected chi connectivity index (χ2v) is 3.64.